The van der Waals surface area contributed by atoms with Crippen molar-refractivity contribution in [1.29, 1.82) is 0 Å². The van der Waals surface area contributed by atoms with E-state index in [9.17, 15) is 9.59 Å². The highest BCUT2D eigenvalue weighted by molar-refractivity contribution is 5.98. The molecule has 9 nitrogen and oxygen atoms in total. The Kier molecular flexibility index (Phi) is 10.9. The second-order valence-electron chi connectivity index (χ2n) is 11.0. The van der Waals surface area contributed by atoms with Crippen LogP contribution in [0.15, 0.2) is 66.9 Å². The van der Waals surface area contributed by atoms with Crippen molar-refractivity contribution < 1.29 is 19.1 Å². The van der Waals surface area contributed by atoms with Gasteiger partial charge in [0.25, 0.3) is 5.91 Å². The summed E-state index contributed by atoms with van der Waals surface area (Å²) >= 11 is 0. The fourth-order valence-electron chi connectivity index (χ4n) is 5.11. The molecule has 224 valence electrons. The van der Waals surface area contributed by atoms with Crippen LogP contribution in [0.1, 0.15) is 43.1 Å². The Labute approximate surface area is 249 Å². The first-order valence-corrected chi connectivity index (χ1v) is 14.6. The third-order valence-electron chi connectivity index (χ3n) is 7.67. The predicted molar refractivity (Wildman–Crippen MR) is 166 cm³/mol. The molecular formula is C33H43N5O4. The number of aromatic nitrogens is 1. The SMILES string of the molecule is CCCNC(=O)Nc1ccc2c(c1)OC[C@H](C)N(Cc1ccc(-c3ccccn3)cc1)C[C@H](C)[C@H](OC)CN(C)C2=O. The largest absolute Gasteiger partial charge is 0.491 e. The highest BCUT2D eigenvalue weighted by Gasteiger charge is 2.28. The van der Waals surface area contributed by atoms with Crippen molar-refractivity contribution in [2.45, 2.75) is 45.9 Å². The molecule has 0 aliphatic carbocycles. The van der Waals surface area contributed by atoms with E-state index in [0.717, 1.165) is 30.8 Å². The Morgan fingerprint density at radius 2 is 1.88 bits per heavy atom. The number of benzene rings is 2. The minimum Gasteiger partial charge on any atom is -0.491 e. The molecule has 1 aliphatic rings. The number of anilines is 1. The van der Waals surface area contributed by atoms with Gasteiger partial charge in [-0.2, -0.15) is 0 Å². The molecule has 0 radical (unpaired) electrons. The number of rotatable bonds is 7. The molecule has 0 saturated heterocycles. The molecule has 4 rings (SSSR count). The summed E-state index contributed by atoms with van der Waals surface area (Å²) in [6.07, 6.45) is 2.50. The van der Waals surface area contributed by atoms with Crippen LogP contribution in [0.3, 0.4) is 0 Å². The average molecular weight is 574 g/mol. The first-order valence-electron chi connectivity index (χ1n) is 14.6. The van der Waals surface area contributed by atoms with Crippen LogP contribution in [-0.4, -0.2) is 79.3 Å². The van der Waals surface area contributed by atoms with Crippen LogP contribution in [0.25, 0.3) is 11.3 Å². The summed E-state index contributed by atoms with van der Waals surface area (Å²) in [5, 5.41) is 5.65. The predicted octanol–water partition coefficient (Wildman–Crippen LogP) is 5.29. The van der Waals surface area contributed by atoms with Crippen molar-refractivity contribution in [2.24, 2.45) is 5.92 Å². The van der Waals surface area contributed by atoms with Crippen LogP contribution < -0.4 is 15.4 Å². The number of likely N-dealkylation sites (N-methyl/N-ethyl adjacent to an activating group) is 1. The Hall–Kier alpha value is -3.95. The van der Waals surface area contributed by atoms with E-state index < -0.39 is 0 Å². The van der Waals surface area contributed by atoms with Gasteiger partial charge in [0.2, 0.25) is 0 Å². The molecule has 2 N–H and O–H groups in total. The summed E-state index contributed by atoms with van der Waals surface area (Å²) in [5.74, 6) is 0.446. The van der Waals surface area contributed by atoms with Gasteiger partial charge in [-0.15, -0.1) is 0 Å². The minimum absolute atomic E-state index is 0.0324. The smallest absolute Gasteiger partial charge is 0.319 e. The number of nitrogens with one attached hydrogen (secondary N) is 2. The second kappa shape index (κ2) is 14.8. The van der Waals surface area contributed by atoms with Gasteiger partial charge in [0.1, 0.15) is 12.4 Å². The number of fused-ring (bicyclic) bond motifs is 1. The Bertz CT molecular complexity index is 1320. The maximum absolute atomic E-state index is 13.5. The molecule has 42 heavy (non-hydrogen) atoms. The van der Waals surface area contributed by atoms with Crippen LogP contribution in [0.4, 0.5) is 10.5 Å². The minimum atomic E-state index is -0.293. The highest BCUT2D eigenvalue weighted by atomic mass is 16.5. The molecule has 0 fully saturated rings. The van der Waals surface area contributed by atoms with Gasteiger partial charge in [-0.25, -0.2) is 4.79 Å². The number of amides is 3. The van der Waals surface area contributed by atoms with Gasteiger partial charge in [0, 0.05) is 69.9 Å². The van der Waals surface area contributed by atoms with Crippen molar-refractivity contribution >= 4 is 17.6 Å². The zero-order valence-corrected chi connectivity index (χ0v) is 25.3. The molecule has 9 heteroatoms. The lowest BCUT2D eigenvalue weighted by Crippen LogP contribution is -2.46. The Morgan fingerprint density at radius 3 is 2.57 bits per heavy atom. The Balaban J connectivity index is 1.58. The fourth-order valence-corrected chi connectivity index (χ4v) is 5.11. The summed E-state index contributed by atoms with van der Waals surface area (Å²) < 4.78 is 12.2. The number of nitrogens with zero attached hydrogens (tertiary/aromatic N) is 3. The van der Waals surface area contributed by atoms with Gasteiger partial charge in [0.05, 0.1) is 17.4 Å². The number of ether oxygens (including phenoxy) is 2. The normalized spacial score (nSPS) is 20.1. The maximum atomic E-state index is 13.5. The van der Waals surface area contributed by atoms with Gasteiger partial charge in [-0.3, -0.25) is 14.7 Å². The molecule has 1 aromatic heterocycles. The third kappa shape index (κ3) is 8.08. The van der Waals surface area contributed by atoms with Crippen LogP contribution >= 0.6 is 0 Å². The molecule has 2 aromatic carbocycles. The summed E-state index contributed by atoms with van der Waals surface area (Å²) in [7, 11) is 3.48. The number of carbonyl (C=O) groups is 2. The molecule has 1 aliphatic heterocycles. The molecule has 3 amide bonds. The van der Waals surface area contributed by atoms with Crippen molar-refractivity contribution in [2.75, 3.05) is 45.7 Å². The summed E-state index contributed by atoms with van der Waals surface area (Å²) in [4.78, 5) is 34.3. The van der Waals surface area contributed by atoms with E-state index in [1.165, 1.54) is 5.56 Å². The molecule has 3 aromatic rings. The lowest BCUT2D eigenvalue weighted by molar-refractivity contribution is 0.00922. The molecule has 0 bridgehead atoms. The number of hydrogen-bond donors (Lipinski definition) is 2. The van der Waals surface area contributed by atoms with E-state index >= 15 is 0 Å². The zero-order valence-electron chi connectivity index (χ0n) is 25.3. The Morgan fingerprint density at radius 1 is 1.10 bits per heavy atom. The average Bonchev–Trinajstić information content (AvgIpc) is 3.01. The second-order valence-corrected chi connectivity index (χ2v) is 11.0. The van der Waals surface area contributed by atoms with Crippen LogP contribution in [0, 0.1) is 5.92 Å². The van der Waals surface area contributed by atoms with Gasteiger partial charge in [0.15, 0.2) is 0 Å². The lowest BCUT2D eigenvalue weighted by atomic mass is 10.0. The lowest BCUT2D eigenvalue weighted by Gasteiger charge is -2.36. The first kappa shape index (κ1) is 31.0. The summed E-state index contributed by atoms with van der Waals surface area (Å²) in [6, 6.07) is 19.3. The summed E-state index contributed by atoms with van der Waals surface area (Å²) in [5.41, 5.74) is 4.22. The van der Waals surface area contributed by atoms with Crippen LogP contribution in [-0.2, 0) is 11.3 Å². The highest BCUT2D eigenvalue weighted by Crippen LogP contribution is 2.27. The molecule has 2 heterocycles. The molecule has 0 spiro atoms. The van der Waals surface area contributed by atoms with Crippen LogP contribution in [0.2, 0.25) is 0 Å². The van der Waals surface area contributed by atoms with E-state index in [4.69, 9.17) is 9.47 Å². The topological polar surface area (TPSA) is 96.0 Å². The number of urea groups is 1. The van der Waals surface area contributed by atoms with Crippen molar-refractivity contribution in [3.8, 4) is 17.0 Å². The quantitative estimate of drug-likeness (QED) is 0.399. The molecule has 0 saturated carbocycles. The fraction of sp³-hybridized carbons (Fsp3) is 0.424. The van der Waals surface area contributed by atoms with Gasteiger partial charge in [-0.05, 0) is 49.1 Å². The van der Waals surface area contributed by atoms with Crippen molar-refractivity contribution in [3.63, 3.8) is 0 Å². The van der Waals surface area contributed by atoms with Gasteiger partial charge < -0.3 is 25.0 Å². The van der Waals surface area contributed by atoms with E-state index in [-0.39, 0.29) is 30.0 Å². The van der Waals surface area contributed by atoms with E-state index in [0.29, 0.717) is 36.7 Å². The number of pyridine rings is 1. The first-order chi connectivity index (χ1) is 20.3. The van der Waals surface area contributed by atoms with E-state index in [1.54, 1.807) is 43.5 Å². The third-order valence-corrected chi connectivity index (χ3v) is 7.67. The van der Waals surface area contributed by atoms with Crippen molar-refractivity contribution in [1.82, 2.24) is 20.1 Å². The molecular weight excluding hydrogens is 530 g/mol. The number of hydrogen-bond acceptors (Lipinski definition) is 6. The monoisotopic (exact) mass is 573 g/mol. The maximum Gasteiger partial charge on any atom is 0.319 e. The molecule has 3 atom stereocenters. The zero-order chi connectivity index (χ0) is 30.1. The van der Waals surface area contributed by atoms with E-state index in [1.807, 2.05) is 25.1 Å². The van der Waals surface area contributed by atoms with E-state index in [2.05, 4.69) is 58.6 Å². The van der Waals surface area contributed by atoms with Gasteiger partial charge in [-0.1, -0.05) is 44.2 Å². The van der Waals surface area contributed by atoms with Crippen LogP contribution in [0.5, 0.6) is 5.75 Å². The van der Waals surface area contributed by atoms with Gasteiger partial charge >= 0.3 is 6.03 Å². The number of carbonyl (C=O) groups excluding carboxylic acids is 2. The summed E-state index contributed by atoms with van der Waals surface area (Å²) in [6.45, 7) is 9.17. The number of methoxy groups -OCH3 is 1. The standard InChI is InChI=1S/C33H43N5O4/c1-6-16-35-33(40)36-27-14-15-28-30(18-27)42-22-24(3)38(19-23(2)31(41-5)21-37(4)32(28)39)20-25-10-12-26(13-11-25)29-9-7-8-17-34-29/h7-15,17-18,23-24,31H,6,16,19-22H2,1-5H3,(H2,35,36,40)/t23-,24-,31+/m0/s1. The molecule has 0 unspecified atom stereocenters. The van der Waals surface area contributed by atoms with Crippen molar-refractivity contribution in [3.05, 3.63) is 78.0 Å².